The van der Waals surface area contributed by atoms with Gasteiger partial charge in [0.1, 0.15) is 0 Å². The molecule has 1 heterocycles. The lowest BCUT2D eigenvalue weighted by molar-refractivity contribution is 0.0771. The maximum absolute atomic E-state index is 12.2. The molecule has 0 saturated carbocycles. The highest BCUT2D eigenvalue weighted by Crippen LogP contribution is 2.21. The summed E-state index contributed by atoms with van der Waals surface area (Å²) >= 11 is 10.2. The SMILES string of the molecule is O=C(c1cc(S)ccc1Cl)N1CCS(=O)CC1. The van der Waals surface area contributed by atoms with E-state index in [1.54, 1.807) is 23.1 Å². The van der Waals surface area contributed by atoms with Crippen LogP contribution >= 0.6 is 24.2 Å². The lowest BCUT2D eigenvalue weighted by Crippen LogP contribution is -2.41. The van der Waals surface area contributed by atoms with Crippen LogP contribution in [0.4, 0.5) is 0 Å². The zero-order valence-corrected chi connectivity index (χ0v) is 11.5. The minimum atomic E-state index is -0.786. The number of carbonyl (C=O) groups is 1. The van der Waals surface area contributed by atoms with Gasteiger partial charge in [-0.3, -0.25) is 9.00 Å². The Morgan fingerprint density at radius 3 is 2.65 bits per heavy atom. The quantitative estimate of drug-likeness (QED) is 0.801. The lowest BCUT2D eigenvalue weighted by atomic mass is 10.2. The molecule has 0 bridgehead atoms. The minimum absolute atomic E-state index is 0.109. The molecule has 0 radical (unpaired) electrons. The number of hydrogen-bond acceptors (Lipinski definition) is 3. The van der Waals surface area contributed by atoms with Crippen molar-refractivity contribution >= 4 is 40.9 Å². The third-order valence-electron chi connectivity index (χ3n) is 2.65. The van der Waals surface area contributed by atoms with E-state index >= 15 is 0 Å². The van der Waals surface area contributed by atoms with Crippen LogP contribution in [0.15, 0.2) is 23.1 Å². The molecule has 17 heavy (non-hydrogen) atoms. The number of benzene rings is 1. The van der Waals surface area contributed by atoms with Crippen LogP contribution in [-0.4, -0.2) is 39.6 Å². The van der Waals surface area contributed by atoms with Crippen molar-refractivity contribution < 1.29 is 9.00 Å². The Kier molecular flexibility index (Phi) is 4.12. The second kappa shape index (κ2) is 5.42. The number of carbonyl (C=O) groups excluding carboxylic acids is 1. The van der Waals surface area contributed by atoms with Crippen LogP contribution in [0.5, 0.6) is 0 Å². The number of rotatable bonds is 1. The van der Waals surface area contributed by atoms with Crippen molar-refractivity contribution in [3.8, 4) is 0 Å². The van der Waals surface area contributed by atoms with Gasteiger partial charge in [0.15, 0.2) is 0 Å². The van der Waals surface area contributed by atoms with Crippen LogP contribution in [0.3, 0.4) is 0 Å². The predicted octanol–water partition coefficient (Wildman–Crippen LogP) is 1.83. The molecule has 1 aliphatic heterocycles. The minimum Gasteiger partial charge on any atom is -0.337 e. The third kappa shape index (κ3) is 3.03. The van der Waals surface area contributed by atoms with E-state index in [1.165, 1.54) is 0 Å². The van der Waals surface area contributed by atoms with Crippen LogP contribution in [0.2, 0.25) is 5.02 Å². The van der Waals surface area contributed by atoms with Gasteiger partial charge in [0.25, 0.3) is 5.91 Å². The lowest BCUT2D eigenvalue weighted by Gasteiger charge is -2.26. The number of thiol groups is 1. The summed E-state index contributed by atoms with van der Waals surface area (Å²) in [5, 5.41) is 0.430. The Morgan fingerprint density at radius 1 is 1.35 bits per heavy atom. The molecule has 2 rings (SSSR count). The fourth-order valence-corrected chi connectivity index (χ4v) is 3.14. The third-order valence-corrected chi connectivity index (χ3v) is 4.53. The molecule has 0 aromatic heterocycles. The molecule has 0 aliphatic carbocycles. The van der Waals surface area contributed by atoms with Gasteiger partial charge < -0.3 is 4.90 Å². The van der Waals surface area contributed by atoms with Crippen LogP contribution in [-0.2, 0) is 10.8 Å². The highest BCUT2D eigenvalue weighted by Gasteiger charge is 2.22. The van der Waals surface area contributed by atoms with Crippen molar-refractivity contribution in [2.24, 2.45) is 0 Å². The van der Waals surface area contributed by atoms with Gasteiger partial charge in [0.2, 0.25) is 0 Å². The highest BCUT2D eigenvalue weighted by atomic mass is 35.5. The molecule has 0 N–H and O–H groups in total. The second-order valence-electron chi connectivity index (χ2n) is 3.80. The van der Waals surface area contributed by atoms with E-state index in [1.807, 2.05) is 0 Å². The zero-order chi connectivity index (χ0) is 12.4. The molecular formula is C11H12ClNO2S2. The van der Waals surface area contributed by atoms with E-state index in [4.69, 9.17) is 11.6 Å². The number of halogens is 1. The molecule has 0 unspecified atom stereocenters. The predicted molar refractivity (Wildman–Crippen MR) is 72.5 cm³/mol. The van der Waals surface area contributed by atoms with Gasteiger partial charge in [-0.15, -0.1) is 12.6 Å². The summed E-state index contributed by atoms with van der Waals surface area (Å²) < 4.78 is 11.2. The van der Waals surface area contributed by atoms with Crippen LogP contribution in [0, 0.1) is 0 Å². The normalized spacial score (nSPS) is 17.2. The first kappa shape index (κ1) is 12.9. The van der Waals surface area contributed by atoms with E-state index < -0.39 is 10.8 Å². The second-order valence-corrected chi connectivity index (χ2v) is 6.42. The molecular weight excluding hydrogens is 278 g/mol. The summed E-state index contributed by atoms with van der Waals surface area (Å²) in [7, 11) is -0.786. The summed E-state index contributed by atoms with van der Waals surface area (Å²) in [6.07, 6.45) is 0. The van der Waals surface area contributed by atoms with Gasteiger partial charge in [0, 0.05) is 40.3 Å². The van der Waals surface area contributed by atoms with Gasteiger partial charge in [-0.2, -0.15) is 0 Å². The van der Waals surface area contributed by atoms with E-state index in [0.29, 0.717) is 40.1 Å². The van der Waals surface area contributed by atoms with Gasteiger partial charge >= 0.3 is 0 Å². The van der Waals surface area contributed by atoms with Crippen molar-refractivity contribution in [1.82, 2.24) is 4.90 Å². The number of amides is 1. The fraction of sp³-hybridized carbons (Fsp3) is 0.364. The molecule has 1 aromatic carbocycles. The first-order valence-electron chi connectivity index (χ1n) is 5.20. The molecule has 1 saturated heterocycles. The Labute approximate surface area is 113 Å². The van der Waals surface area contributed by atoms with Crippen molar-refractivity contribution in [3.63, 3.8) is 0 Å². The van der Waals surface area contributed by atoms with Gasteiger partial charge in [-0.05, 0) is 18.2 Å². The van der Waals surface area contributed by atoms with Crippen molar-refractivity contribution in [3.05, 3.63) is 28.8 Å². The first-order valence-corrected chi connectivity index (χ1v) is 7.52. The van der Waals surface area contributed by atoms with E-state index in [0.717, 1.165) is 0 Å². The number of hydrogen-bond donors (Lipinski definition) is 1. The summed E-state index contributed by atoms with van der Waals surface area (Å²) in [5.74, 6) is 0.982. The van der Waals surface area contributed by atoms with Crippen molar-refractivity contribution in [1.29, 1.82) is 0 Å². The van der Waals surface area contributed by atoms with Crippen LogP contribution in [0.25, 0.3) is 0 Å². The van der Waals surface area contributed by atoms with E-state index in [-0.39, 0.29) is 5.91 Å². The fourth-order valence-electron chi connectivity index (χ4n) is 1.69. The van der Waals surface area contributed by atoms with Gasteiger partial charge in [-0.25, -0.2) is 0 Å². The Morgan fingerprint density at radius 2 is 2.00 bits per heavy atom. The Bertz CT molecular complexity index is 469. The molecule has 6 heteroatoms. The average molecular weight is 290 g/mol. The highest BCUT2D eigenvalue weighted by molar-refractivity contribution is 7.85. The topological polar surface area (TPSA) is 37.4 Å². The largest absolute Gasteiger partial charge is 0.337 e. The maximum atomic E-state index is 12.2. The molecule has 1 amide bonds. The molecule has 92 valence electrons. The van der Waals surface area contributed by atoms with Crippen molar-refractivity contribution in [2.45, 2.75) is 4.90 Å². The van der Waals surface area contributed by atoms with E-state index in [9.17, 15) is 9.00 Å². The smallest absolute Gasteiger partial charge is 0.255 e. The maximum Gasteiger partial charge on any atom is 0.255 e. The summed E-state index contributed by atoms with van der Waals surface area (Å²) in [5.41, 5.74) is 0.465. The monoisotopic (exact) mass is 289 g/mol. The molecule has 1 fully saturated rings. The van der Waals surface area contributed by atoms with E-state index in [2.05, 4.69) is 12.6 Å². The molecule has 0 atom stereocenters. The van der Waals surface area contributed by atoms with Crippen LogP contribution < -0.4 is 0 Å². The summed E-state index contributed by atoms with van der Waals surface area (Å²) in [6, 6.07) is 5.08. The zero-order valence-electron chi connectivity index (χ0n) is 9.06. The van der Waals surface area contributed by atoms with Gasteiger partial charge in [-0.1, -0.05) is 11.6 Å². The summed E-state index contributed by atoms with van der Waals surface area (Å²) in [6.45, 7) is 1.05. The molecule has 1 aliphatic rings. The Balaban J connectivity index is 2.19. The molecule has 3 nitrogen and oxygen atoms in total. The Hall–Kier alpha value is -0.520. The van der Waals surface area contributed by atoms with Gasteiger partial charge in [0.05, 0.1) is 10.6 Å². The number of nitrogens with zero attached hydrogens (tertiary/aromatic N) is 1. The molecule has 0 spiro atoms. The standard InChI is InChI=1S/C11H12ClNO2S2/c12-10-2-1-8(16)7-9(10)11(14)13-3-5-17(15)6-4-13/h1-2,7,16H,3-6H2. The first-order chi connectivity index (χ1) is 8.08. The van der Waals surface area contributed by atoms with Crippen molar-refractivity contribution in [2.75, 3.05) is 24.6 Å². The van der Waals surface area contributed by atoms with Crippen LogP contribution in [0.1, 0.15) is 10.4 Å². The molecule has 1 aromatic rings. The summed E-state index contributed by atoms with van der Waals surface area (Å²) in [4.78, 5) is 14.6. The average Bonchev–Trinajstić information content (AvgIpc) is 2.32.